The Morgan fingerprint density at radius 3 is 2.24 bits per heavy atom. The number of aryl methyl sites for hydroxylation is 1. The predicted molar refractivity (Wildman–Crippen MR) is 136 cm³/mol. The third kappa shape index (κ3) is 8.85. The number of thiocarbonyl (C=S) groups is 1. The molecule has 0 aliphatic rings. The van der Waals surface area contributed by atoms with E-state index >= 15 is 0 Å². The molecule has 2 aromatic carbocycles. The number of amides is 1. The topological polar surface area (TPSA) is 105 Å². The number of hydrogen-bond acceptors (Lipinski definition) is 6. The first-order valence-corrected chi connectivity index (χ1v) is 13.0. The fourth-order valence-corrected chi connectivity index (χ4v) is 4.86. The molecule has 0 bridgehead atoms. The van der Waals surface area contributed by atoms with E-state index in [-0.39, 0.29) is 22.8 Å². The summed E-state index contributed by atoms with van der Waals surface area (Å²) >= 11 is 5.12. The van der Waals surface area contributed by atoms with Gasteiger partial charge in [0.25, 0.3) is 0 Å². The lowest BCUT2D eigenvalue weighted by atomic mass is 10.1. The Morgan fingerprint density at radius 1 is 0.971 bits per heavy atom. The number of carbonyl (C=O) groups is 2. The van der Waals surface area contributed by atoms with Crippen molar-refractivity contribution in [1.29, 1.82) is 0 Å². The number of hydrogen-bond donors (Lipinski definition) is 2. The fourth-order valence-electron chi connectivity index (χ4n) is 3.17. The SMILES string of the molecule is CCN(CC)S(=O)(=O)c1ccc(NC(=S)NC(=O)CCC(=O)OCCCc2ccccc2)cc1. The Bertz CT molecular complexity index is 1050. The summed E-state index contributed by atoms with van der Waals surface area (Å²) in [6, 6.07) is 16.0. The highest BCUT2D eigenvalue weighted by Crippen LogP contribution is 2.18. The first kappa shape index (κ1) is 27.4. The molecule has 0 radical (unpaired) electrons. The lowest BCUT2D eigenvalue weighted by Crippen LogP contribution is -2.34. The van der Waals surface area contributed by atoms with E-state index in [0.717, 1.165) is 6.42 Å². The van der Waals surface area contributed by atoms with Crippen molar-refractivity contribution >= 4 is 44.9 Å². The number of sulfonamides is 1. The molecule has 0 atom stereocenters. The van der Waals surface area contributed by atoms with Crippen LogP contribution < -0.4 is 10.6 Å². The van der Waals surface area contributed by atoms with Crippen LogP contribution in [0.25, 0.3) is 0 Å². The van der Waals surface area contributed by atoms with Gasteiger partial charge in [-0.15, -0.1) is 0 Å². The first-order chi connectivity index (χ1) is 16.3. The lowest BCUT2D eigenvalue weighted by molar-refractivity contribution is -0.145. The van der Waals surface area contributed by atoms with Gasteiger partial charge in [0.1, 0.15) is 0 Å². The van der Waals surface area contributed by atoms with Gasteiger partial charge in [0, 0.05) is 25.2 Å². The summed E-state index contributed by atoms with van der Waals surface area (Å²) in [6.07, 6.45) is 1.43. The van der Waals surface area contributed by atoms with Gasteiger partial charge in [-0.05, 0) is 54.9 Å². The average Bonchev–Trinajstić information content (AvgIpc) is 2.82. The van der Waals surface area contributed by atoms with E-state index in [1.807, 2.05) is 30.3 Å². The summed E-state index contributed by atoms with van der Waals surface area (Å²) in [5.41, 5.74) is 1.71. The molecular weight excluding hydrogens is 474 g/mol. The number of anilines is 1. The summed E-state index contributed by atoms with van der Waals surface area (Å²) < 4.78 is 31.6. The Hall–Kier alpha value is -2.82. The summed E-state index contributed by atoms with van der Waals surface area (Å²) in [6.45, 7) is 4.63. The highest BCUT2D eigenvalue weighted by atomic mass is 32.2. The van der Waals surface area contributed by atoms with Gasteiger partial charge in [0.15, 0.2) is 5.11 Å². The highest BCUT2D eigenvalue weighted by molar-refractivity contribution is 7.89. The van der Waals surface area contributed by atoms with E-state index in [4.69, 9.17) is 17.0 Å². The summed E-state index contributed by atoms with van der Waals surface area (Å²) in [4.78, 5) is 24.1. The molecule has 2 N–H and O–H groups in total. The fraction of sp³-hybridized carbons (Fsp3) is 0.375. The minimum absolute atomic E-state index is 0.0440. The Morgan fingerprint density at radius 2 is 1.62 bits per heavy atom. The molecule has 34 heavy (non-hydrogen) atoms. The summed E-state index contributed by atoms with van der Waals surface area (Å²) in [5.74, 6) is -0.855. The van der Waals surface area contributed by atoms with E-state index in [1.54, 1.807) is 26.0 Å². The Labute approximate surface area is 206 Å². The maximum atomic E-state index is 12.5. The smallest absolute Gasteiger partial charge is 0.306 e. The summed E-state index contributed by atoms with van der Waals surface area (Å²) in [5, 5.41) is 5.39. The van der Waals surface area contributed by atoms with Crippen molar-refractivity contribution in [2.75, 3.05) is 25.0 Å². The summed E-state index contributed by atoms with van der Waals surface area (Å²) in [7, 11) is -3.54. The highest BCUT2D eigenvalue weighted by Gasteiger charge is 2.21. The van der Waals surface area contributed by atoms with Crippen LogP contribution >= 0.6 is 12.2 Å². The van der Waals surface area contributed by atoms with Crippen molar-refractivity contribution in [2.45, 2.75) is 44.4 Å². The Balaban J connectivity index is 1.70. The number of rotatable bonds is 12. The Kier molecular flexibility index (Phi) is 11.1. The lowest BCUT2D eigenvalue weighted by Gasteiger charge is -2.18. The number of nitrogens with zero attached hydrogens (tertiary/aromatic N) is 1. The molecule has 0 aliphatic heterocycles. The molecule has 0 aromatic heterocycles. The molecule has 2 rings (SSSR count). The van der Waals surface area contributed by atoms with Crippen LogP contribution in [-0.4, -0.2) is 49.4 Å². The van der Waals surface area contributed by atoms with Crippen molar-refractivity contribution in [1.82, 2.24) is 9.62 Å². The number of nitrogens with one attached hydrogen (secondary N) is 2. The van der Waals surface area contributed by atoms with Crippen LogP contribution in [0.1, 0.15) is 38.7 Å². The van der Waals surface area contributed by atoms with Gasteiger partial charge >= 0.3 is 5.97 Å². The predicted octanol–water partition coefficient (Wildman–Crippen LogP) is 3.49. The van der Waals surface area contributed by atoms with Crippen LogP contribution in [0.4, 0.5) is 5.69 Å². The second-order valence-electron chi connectivity index (χ2n) is 7.43. The van der Waals surface area contributed by atoms with Crippen molar-refractivity contribution in [3.63, 3.8) is 0 Å². The van der Waals surface area contributed by atoms with Gasteiger partial charge in [-0.25, -0.2) is 8.42 Å². The van der Waals surface area contributed by atoms with Crippen LogP contribution in [0.15, 0.2) is 59.5 Å². The molecule has 8 nitrogen and oxygen atoms in total. The van der Waals surface area contributed by atoms with Crippen LogP contribution in [0.2, 0.25) is 0 Å². The van der Waals surface area contributed by atoms with Crippen molar-refractivity contribution < 1.29 is 22.7 Å². The van der Waals surface area contributed by atoms with E-state index in [2.05, 4.69) is 10.6 Å². The van der Waals surface area contributed by atoms with E-state index in [1.165, 1.54) is 22.0 Å². The maximum absolute atomic E-state index is 12.5. The number of esters is 1. The second-order valence-corrected chi connectivity index (χ2v) is 9.77. The standard InChI is InChI=1S/C24H31N3O5S2/c1-3-27(4-2)34(30,31)21-14-12-20(13-15-21)25-24(33)26-22(28)16-17-23(29)32-18-8-11-19-9-6-5-7-10-19/h5-7,9-10,12-15H,3-4,8,11,16-18H2,1-2H3,(H2,25,26,28,33). The third-order valence-corrected chi connectivity index (χ3v) is 7.25. The first-order valence-electron chi connectivity index (χ1n) is 11.2. The van der Waals surface area contributed by atoms with Crippen molar-refractivity contribution in [3.8, 4) is 0 Å². The molecule has 0 fully saturated rings. The molecule has 0 saturated carbocycles. The molecule has 184 valence electrons. The molecule has 0 unspecified atom stereocenters. The van der Waals surface area contributed by atoms with Crippen molar-refractivity contribution in [2.24, 2.45) is 0 Å². The molecule has 2 aromatic rings. The van der Waals surface area contributed by atoms with E-state index in [9.17, 15) is 18.0 Å². The van der Waals surface area contributed by atoms with Gasteiger partial charge < -0.3 is 15.4 Å². The molecule has 10 heteroatoms. The minimum atomic E-state index is -3.54. The molecule has 1 amide bonds. The van der Waals surface area contributed by atoms with Crippen molar-refractivity contribution in [3.05, 3.63) is 60.2 Å². The number of carbonyl (C=O) groups excluding carboxylic acids is 2. The minimum Gasteiger partial charge on any atom is -0.466 e. The molecule has 0 aliphatic carbocycles. The van der Waals surface area contributed by atoms with Gasteiger partial charge in [-0.1, -0.05) is 44.2 Å². The molecule has 0 spiro atoms. The van der Waals surface area contributed by atoms with Gasteiger partial charge in [0.2, 0.25) is 15.9 Å². The van der Waals surface area contributed by atoms with Crippen LogP contribution in [0.3, 0.4) is 0 Å². The second kappa shape index (κ2) is 13.8. The maximum Gasteiger partial charge on any atom is 0.306 e. The third-order valence-electron chi connectivity index (χ3n) is 4.98. The zero-order valence-electron chi connectivity index (χ0n) is 19.5. The van der Waals surface area contributed by atoms with Crippen LogP contribution in [0, 0.1) is 0 Å². The van der Waals surface area contributed by atoms with Gasteiger partial charge in [-0.3, -0.25) is 9.59 Å². The van der Waals surface area contributed by atoms with E-state index in [0.29, 0.717) is 31.8 Å². The molecule has 0 saturated heterocycles. The molecule has 0 heterocycles. The van der Waals surface area contributed by atoms with Crippen LogP contribution in [-0.2, 0) is 30.8 Å². The number of ether oxygens (including phenoxy) is 1. The monoisotopic (exact) mass is 505 g/mol. The van der Waals surface area contributed by atoms with E-state index < -0.39 is 21.9 Å². The largest absolute Gasteiger partial charge is 0.466 e. The zero-order valence-corrected chi connectivity index (χ0v) is 21.1. The van der Waals surface area contributed by atoms with Gasteiger partial charge in [-0.2, -0.15) is 4.31 Å². The number of benzene rings is 2. The molecular formula is C24H31N3O5S2. The normalized spacial score (nSPS) is 11.1. The zero-order chi connectivity index (χ0) is 25.0. The quantitative estimate of drug-likeness (QED) is 0.258. The van der Waals surface area contributed by atoms with Crippen LogP contribution in [0.5, 0.6) is 0 Å². The average molecular weight is 506 g/mol. The van der Waals surface area contributed by atoms with Gasteiger partial charge in [0.05, 0.1) is 17.9 Å².